The van der Waals surface area contributed by atoms with Crippen LogP contribution in [0.25, 0.3) is 0 Å². The Kier molecular flexibility index (Phi) is 3.64. The smallest absolute Gasteiger partial charge is 0.335 e. The normalized spacial score (nSPS) is 11.3. The van der Waals surface area contributed by atoms with Crippen LogP contribution in [-0.4, -0.2) is 28.4 Å². The highest BCUT2D eigenvalue weighted by molar-refractivity contribution is 7.71. The summed E-state index contributed by atoms with van der Waals surface area (Å²) in [5, 5.41) is 8.80. The van der Waals surface area contributed by atoms with E-state index in [9.17, 15) is 9.36 Å². The van der Waals surface area contributed by atoms with Crippen LogP contribution in [0.1, 0.15) is 24.2 Å². The van der Waals surface area contributed by atoms with E-state index in [1.807, 2.05) is 13.8 Å². The number of nitrogens with zero attached hydrogens (tertiary/aromatic N) is 1. The topological polar surface area (TPSA) is 67.3 Å². The summed E-state index contributed by atoms with van der Waals surface area (Å²) in [6, 6.07) is 2.82. The van der Waals surface area contributed by atoms with Gasteiger partial charge < -0.3 is 9.67 Å². The fourth-order valence-electron chi connectivity index (χ4n) is 1.32. The van der Waals surface area contributed by atoms with Crippen molar-refractivity contribution in [2.75, 3.05) is 12.3 Å². The standard InChI is InChI=1S/C10H14NO3P/c1-3-15(14,4-2)9-7-8(10(12)13)5-6-11-9/h5-7H,3-4H2,1-2H3,(H,12,13). The van der Waals surface area contributed by atoms with Crippen molar-refractivity contribution in [3.8, 4) is 0 Å². The minimum Gasteiger partial charge on any atom is -0.478 e. The van der Waals surface area contributed by atoms with Crippen LogP contribution in [0.15, 0.2) is 18.3 Å². The molecule has 1 aromatic heterocycles. The monoisotopic (exact) mass is 227 g/mol. The summed E-state index contributed by atoms with van der Waals surface area (Å²) in [5.41, 5.74) is 0.564. The summed E-state index contributed by atoms with van der Waals surface area (Å²) in [4.78, 5) is 14.7. The maximum Gasteiger partial charge on any atom is 0.335 e. The molecule has 0 saturated carbocycles. The maximum absolute atomic E-state index is 12.3. The van der Waals surface area contributed by atoms with E-state index in [2.05, 4.69) is 4.98 Å². The van der Waals surface area contributed by atoms with Gasteiger partial charge in [-0.15, -0.1) is 0 Å². The Morgan fingerprint density at radius 1 is 1.47 bits per heavy atom. The average molecular weight is 227 g/mol. The molecule has 1 aromatic rings. The van der Waals surface area contributed by atoms with Gasteiger partial charge in [-0.2, -0.15) is 0 Å². The number of rotatable bonds is 4. The first kappa shape index (κ1) is 11.9. The maximum atomic E-state index is 12.3. The van der Waals surface area contributed by atoms with Crippen LogP contribution in [0, 0.1) is 0 Å². The molecule has 0 aliphatic heterocycles. The molecule has 0 fully saturated rings. The van der Waals surface area contributed by atoms with Crippen molar-refractivity contribution in [3.63, 3.8) is 0 Å². The minimum absolute atomic E-state index is 0.141. The molecule has 0 bridgehead atoms. The molecule has 1 rings (SSSR count). The van der Waals surface area contributed by atoms with Crippen LogP contribution < -0.4 is 5.44 Å². The van der Waals surface area contributed by atoms with Crippen molar-refractivity contribution in [2.45, 2.75) is 13.8 Å². The molecule has 0 amide bonds. The minimum atomic E-state index is -2.47. The van der Waals surface area contributed by atoms with E-state index in [1.165, 1.54) is 18.3 Å². The first-order valence-electron chi connectivity index (χ1n) is 4.81. The Labute approximate surface area is 88.7 Å². The third-order valence-corrected chi connectivity index (χ3v) is 5.55. The molecular formula is C10H14NO3P. The van der Waals surface area contributed by atoms with Gasteiger partial charge in [-0.05, 0) is 12.1 Å². The van der Waals surface area contributed by atoms with Crippen molar-refractivity contribution >= 4 is 18.5 Å². The zero-order chi connectivity index (χ0) is 11.5. The first-order chi connectivity index (χ1) is 7.03. The highest BCUT2D eigenvalue weighted by Crippen LogP contribution is 2.42. The number of hydrogen-bond acceptors (Lipinski definition) is 3. The molecular weight excluding hydrogens is 213 g/mol. The molecule has 0 radical (unpaired) electrons. The Hall–Kier alpha value is -1.15. The van der Waals surface area contributed by atoms with Crippen LogP contribution in [-0.2, 0) is 4.57 Å². The van der Waals surface area contributed by atoms with Crippen LogP contribution in [0.2, 0.25) is 0 Å². The fraction of sp³-hybridized carbons (Fsp3) is 0.400. The van der Waals surface area contributed by atoms with Gasteiger partial charge in [0.25, 0.3) is 0 Å². The summed E-state index contributed by atoms with van der Waals surface area (Å²) in [5.74, 6) is -1.02. The van der Waals surface area contributed by atoms with Crippen LogP contribution in [0.3, 0.4) is 0 Å². The van der Waals surface area contributed by atoms with E-state index >= 15 is 0 Å². The molecule has 1 N–H and O–H groups in total. The van der Waals surface area contributed by atoms with Gasteiger partial charge in [0.2, 0.25) is 0 Å². The zero-order valence-electron chi connectivity index (χ0n) is 8.80. The number of pyridine rings is 1. The first-order valence-corrected chi connectivity index (χ1v) is 6.89. The van der Waals surface area contributed by atoms with Crippen LogP contribution in [0.4, 0.5) is 0 Å². The lowest BCUT2D eigenvalue weighted by Crippen LogP contribution is -2.14. The highest BCUT2D eigenvalue weighted by atomic mass is 31.2. The van der Waals surface area contributed by atoms with Crippen LogP contribution in [0.5, 0.6) is 0 Å². The zero-order valence-corrected chi connectivity index (χ0v) is 9.70. The lowest BCUT2D eigenvalue weighted by molar-refractivity contribution is 0.0697. The van der Waals surface area contributed by atoms with Gasteiger partial charge in [-0.3, -0.25) is 4.98 Å². The number of carboxylic acids is 1. The Balaban J connectivity index is 3.21. The van der Waals surface area contributed by atoms with Crippen LogP contribution >= 0.6 is 7.14 Å². The second-order valence-electron chi connectivity index (χ2n) is 3.23. The summed E-state index contributed by atoms with van der Waals surface area (Å²) < 4.78 is 12.3. The van der Waals surface area contributed by atoms with Crippen molar-refractivity contribution in [2.24, 2.45) is 0 Å². The van der Waals surface area contributed by atoms with Crippen molar-refractivity contribution < 1.29 is 14.5 Å². The van der Waals surface area contributed by atoms with Gasteiger partial charge in [0.15, 0.2) is 0 Å². The van der Waals surface area contributed by atoms with Gasteiger partial charge in [-0.25, -0.2) is 4.79 Å². The number of aromatic nitrogens is 1. The van der Waals surface area contributed by atoms with Crippen molar-refractivity contribution in [1.82, 2.24) is 4.98 Å². The summed E-state index contributed by atoms with van der Waals surface area (Å²) >= 11 is 0. The predicted octanol–water partition coefficient (Wildman–Crippen LogP) is 1.81. The van der Waals surface area contributed by atoms with E-state index in [4.69, 9.17) is 5.11 Å². The average Bonchev–Trinajstić information content (AvgIpc) is 2.28. The van der Waals surface area contributed by atoms with Crippen molar-refractivity contribution in [1.29, 1.82) is 0 Å². The molecule has 15 heavy (non-hydrogen) atoms. The SMILES string of the molecule is CCP(=O)(CC)c1cc(C(=O)O)ccn1. The van der Waals surface area contributed by atoms with E-state index in [0.717, 1.165) is 0 Å². The Bertz CT molecular complexity index is 409. The molecule has 0 aliphatic rings. The van der Waals surface area contributed by atoms with Gasteiger partial charge in [0, 0.05) is 18.5 Å². The van der Waals surface area contributed by atoms with E-state index in [-0.39, 0.29) is 5.56 Å². The molecule has 0 atom stereocenters. The van der Waals surface area contributed by atoms with E-state index < -0.39 is 13.1 Å². The van der Waals surface area contributed by atoms with Gasteiger partial charge in [0.05, 0.1) is 5.56 Å². The third-order valence-electron chi connectivity index (χ3n) is 2.43. The van der Waals surface area contributed by atoms with E-state index in [0.29, 0.717) is 17.8 Å². The number of aromatic carboxylic acids is 1. The molecule has 0 aromatic carbocycles. The van der Waals surface area contributed by atoms with Gasteiger partial charge >= 0.3 is 5.97 Å². The second-order valence-corrected chi connectivity index (χ2v) is 6.73. The molecule has 0 saturated heterocycles. The number of carboxylic acid groups (broad SMARTS) is 1. The Morgan fingerprint density at radius 3 is 2.53 bits per heavy atom. The van der Waals surface area contributed by atoms with Crippen molar-refractivity contribution in [3.05, 3.63) is 23.9 Å². The van der Waals surface area contributed by atoms with E-state index in [1.54, 1.807) is 0 Å². The molecule has 82 valence electrons. The molecule has 1 heterocycles. The lowest BCUT2D eigenvalue weighted by Gasteiger charge is -2.13. The quantitative estimate of drug-likeness (QED) is 0.796. The molecule has 0 aliphatic carbocycles. The molecule has 4 nitrogen and oxygen atoms in total. The van der Waals surface area contributed by atoms with Gasteiger partial charge in [0.1, 0.15) is 12.6 Å². The molecule has 5 heteroatoms. The second kappa shape index (κ2) is 4.58. The lowest BCUT2D eigenvalue weighted by atomic mass is 10.3. The fourth-order valence-corrected chi connectivity index (χ4v) is 3.07. The third kappa shape index (κ3) is 2.45. The Morgan fingerprint density at radius 2 is 2.07 bits per heavy atom. The number of hydrogen-bond donors (Lipinski definition) is 1. The summed E-state index contributed by atoms with van der Waals surface area (Å²) in [7, 11) is -2.47. The highest BCUT2D eigenvalue weighted by Gasteiger charge is 2.22. The summed E-state index contributed by atoms with van der Waals surface area (Å²) in [6.07, 6.45) is 2.43. The molecule has 0 spiro atoms. The van der Waals surface area contributed by atoms with Gasteiger partial charge in [-0.1, -0.05) is 13.8 Å². The number of carbonyl (C=O) groups is 1. The summed E-state index contributed by atoms with van der Waals surface area (Å²) in [6.45, 7) is 3.67. The predicted molar refractivity (Wildman–Crippen MR) is 59.5 cm³/mol. The largest absolute Gasteiger partial charge is 0.478 e. The molecule has 0 unspecified atom stereocenters.